The molecule has 0 amide bonds. The fraction of sp³-hybridized carbons (Fsp3) is 0. The molecule has 98 valence electrons. The zero-order valence-electron chi connectivity index (χ0n) is 10.1. The maximum atomic E-state index is 9.00. The molecule has 0 fully saturated rings. The van der Waals surface area contributed by atoms with Crippen LogP contribution < -0.4 is 11.1 Å². The highest BCUT2D eigenvalue weighted by molar-refractivity contribution is 7.00. The van der Waals surface area contributed by atoms with Crippen LogP contribution in [-0.2, 0) is 0 Å². The number of nitriles is 1. The molecular formula is C13H8ClN5S. The monoisotopic (exact) mass is 301 g/mol. The predicted molar refractivity (Wildman–Crippen MR) is 81.3 cm³/mol. The van der Waals surface area contributed by atoms with Gasteiger partial charge in [0.15, 0.2) is 0 Å². The van der Waals surface area contributed by atoms with Gasteiger partial charge in [0.25, 0.3) is 0 Å². The molecule has 0 aliphatic carbocycles. The number of rotatable bonds is 2. The van der Waals surface area contributed by atoms with E-state index < -0.39 is 0 Å². The van der Waals surface area contributed by atoms with Gasteiger partial charge in [0, 0.05) is 11.4 Å². The van der Waals surface area contributed by atoms with Crippen LogP contribution in [0.3, 0.4) is 0 Å². The third-order valence-corrected chi connectivity index (χ3v) is 3.68. The number of hydrogen-bond acceptors (Lipinski definition) is 6. The molecule has 0 bridgehead atoms. The van der Waals surface area contributed by atoms with E-state index in [9.17, 15) is 0 Å². The number of hydrogen-bond donors (Lipinski definition) is 2. The van der Waals surface area contributed by atoms with Gasteiger partial charge in [-0.2, -0.15) is 14.0 Å². The maximum Gasteiger partial charge on any atom is 0.129 e. The van der Waals surface area contributed by atoms with E-state index >= 15 is 0 Å². The molecule has 0 atom stereocenters. The predicted octanol–water partition coefficient (Wildman–Crippen LogP) is 3.54. The highest BCUT2D eigenvalue weighted by Gasteiger charge is 2.10. The second kappa shape index (κ2) is 4.96. The first kappa shape index (κ1) is 12.7. The van der Waals surface area contributed by atoms with Crippen LogP contribution in [-0.4, -0.2) is 8.75 Å². The summed E-state index contributed by atoms with van der Waals surface area (Å²) in [7, 11) is 0. The van der Waals surface area contributed by atoms with Gasteiger partial charge < -0.3 is 11.1 Å². The number of benzene rings is 2. The van der Waals surface area contributed by atoms with Crippen LogP contribution in [0.25, 0.3) is 11.0 Å². The lowest BCUT2D eigenvalue weighted by molar-refractivity contribution is 1.47. The first-order valence-corrected chi connectivity index (χ1v) is 6.77. The van der Waals surface area contributed by atoms with Gasteiger partial charge in [-0.05, 0) is 30.3 Å². The molecule has 5 nitrogen and oxygen atoms in total. The minimum absolute atomic E-state index is 0.412. The third kappa shape index (κ3) is 2.13. The number of nitrogens with zero attached hydrogens (tertiary/aromatic N) is 3. The Hall–Kier alpha value is -2.36. The summed E-state index contributed by atoms with van der Waals surface area (Å²) in [6, 6.07) is 10.7. The first-order chi connectivity index (χ1) is 9.69. The topological polar surface area (TPSA) is 87.6 Å². The highest BCUT2D eigenvalue weighted by Crippen LogP contribution is 2.33. The van der Waals surface area contributed by atoms with E-state index in [0.29, 0.717) is 27.5 Å². The van der Waals surface area contributed by atoms with Crippen molar-refractivity contribution in [2.24, 2.45) is 0 Å². The summed E-state index contributed by atoms with van der Waals surface area (Å²) >= 11 is 7.33. The lowest BCUT2D eigenvalue weighted by atomic mass is 10.1. The van der Waals surface area contributed by atoms with Crippen LogP contribution in [0.2, 0.25) is 5.02 Å². The summed E-state index contributed by atoms with van der Waals surface area (Å²) in [4.78, 5) is 0. The van der Waals surface area contributed by atoms with Crippen LogP contribution in [0.5, 0.6) is 0 Å². The molecule has 3 aromatic rings. The zero-order chi connectivity index (χ0) is 14.1. The Bertz CT molecular complexity index is 836. The fourth-order valence-corrected chi connectivity index (χ4v) is 2.56. The smallest absolute Gasteiger partial charge is 0.129 e. The van der Waals surface area contributed by atoms with Crippen LogP contribution >= 0.6 is 23.3 Å². The minimum atomic E-state index is 0.412. The van der Waals surface area contributed by atoms with Crippen molar-refractivity contribution < 1.29 is 0 Å². The Morgan fingerprint density at radius 2 is 2.10 bits per heavy atom. The lowest BCUT2D eigenvalue weighted by Crippen LogP contribution is -1.96. The summed E-state index contributed by atoms with van der Waals surface area (Å²) < 4.78 is 8.40. The zero-order valence-corrected chi connectivity index (χ0v) is 11.7. The van der Waals surface area contributed by atoms with Crippen molar-refractivity contribution in [2.45, 2.75) is 0 Å². The largest absolute Gasteiger partial charge is 0.398 e. The Morgan fingerprint density at radius 1 is 1.25 bits per heavy atom. The molecule has 7 heteroatoms. The number of nitrogens with one attached hydrogen (secondary N) is 1. The van der Waals surface area contributed by atoms with Gasteiger partial charge in [0.2, 0.25) is 0 Å². The third-order valence-electron chi connectivity index (χ3n) is 2.82. The van der Waals surface area contributed by atoms with Crippen molar-refractivity contribution in [3.05, 3.63) is 40.9 Å². The first-order valence-electron chi connectivity index (χ1n) is 5.66. The van der Waals surface area contributed by atoms with Crippen molar-refractivity contribution in [1.82, 2.24) is 8.75 Å². The number of halogens is 1. The van der Waals surface area contributed by atoms with E-state index in [4.69, 9.17) is 22.6 Å². The highest BCUT2D eigenvalue weighted by atomic mass is 35.5. The molecule has 20 heavy (non-hydrogen) atoms. The number of anilines is 3. The molecule has 1 aromatic heterocycles. The molecule has 3 N–H and O–H groups in total. The van der Waals surface area contributed by atoms with E-state index in [-0.39, 0.29) is 0 Å². The Morgan fingerprint density at radius 3 is 2.90 bits per heavy atom. The Kier molecular flexibility index (Phi) is 3.14. The summed E-state index contributed by atoms with van der Waals surface area (Å²) in [5.41, 5.74) is 9.43. The SMILES string of the molecule is N#Cc1cc(Nc2c(Cl)ccc3nsnc23)ccc1N. The van der Waals surface area contributed by atoms with E-state index in [0.717, 1.165) is 22.9 Å². The van der Waals surface area contributed by atoms with Gasteiger partial charge in [-0.15, -0.1) is 0 Å². The van der Waals surface area contributed by atoms with Gasteiger partial charge >= 0.3 is 0 Å². The fourth-order valence-electron chi connectivity index (χ4n) is 1.82. The van der Waals surface area contributed by atoms with Gasteiger partial charge in [-0.3, -0.25) is 0 Å². The van der Waals surface area contributed by atoms with Crippen molar-refractivity contribution in [3.8, 4) is 6.07 Å². The lowest BCUT2D eigenvalue weighted by Gasteiger charge is -2.09. The molecule has 0 spiro atoms. The van der Waals surface area contributed by atoms with Crippen LogP contribution in [0, 0.1) is 11.3 Å². The second-order valence-electron chi connectivity index (χ2n) is 4.09. The minimum Gasteiger partial charge on any atom is -0.398 e. The standard InChI is InChI=1S/C13H8ClN5S/c14-9-2-4-11-13(19-20-18-11)12(9)17-8-1-3-10(16)7(5-8)6-15/h1-5,17H,16H2. The molecule has 0 unspecified atom stereocenters. The molecule has 0 aliphatic rings. The molecule has 3 rings (SSSR count). The van der Waals surface area contributed by atoms with E-state index in [1.165, 1.54) is 0 Å². The second-order valence-corrected chi connectivity index (χ2v) is 5.03. The van der Waals surface area contributed by atoms with Crippen LogP contribution in [0.4, 0.5) is 17.1 Å². The molecule has 0 radical (unpaired) electrons. The van der Waals surface area contributed by atoms with Gasteiger partial charge in [0.1, 0.15) is 17.1 Å². The van der Waals surface area contributed by atoms with Crippen LogP contribution in [0.15, 0.2) is 30.3 Å². The van der Waals surface area contributed by atoms with E-state index in [2.05, 4.69) is 14.1 Å². The normalized spacial score (nSPS) is 10.4. The average Bonchev–Trinajstić information content (AvgIpc) is 2.92. The molecular weight excluding hydrogens is 294 g/mol. The van der Waals surface area contributed by atoms with Crippen molar-refractivity contribution in [3.63, 3.8) is 0 Å². The Labute approximate surface area is 123 Å². The van der Waals surface area contributed by atoms with Gasteiger partial charge in [0.05, 0.1) is 28.0 Å². The molecule has 0 saturated carbocycles. The average molecular weight is 302 g/mol. The van der Waals surface area contributed by atoms with Gasteiger partial charge in [-0.1, -0.05) is 11.6 Å². The molecule has 1 heterocycles. The van der Waals surface area contributed by atoms with E-state index in [1.54, 1.807) is 24.3 Å². The molecule has 0 aliphatic heterocycles. The number of aromatic nitrogens is 2. The van der Waals surface area contributed by atoms with Crippen molar-refractivity contribution in [2.75, 3.05) is 11.1 Å². The number of nitrogens with two attached hydrogens (primary N) is 1. The summed E-state index contributed by atoms with van der Waals surface area (Å²) in [6.45, 7) is 0. The van der Waals surface area contributed by atoms with Crippen molar-refractivity contribution in [1.29, 1.82) is 5.26 Å². The van der Waals surface area contributed by atoms with E-state index in [1.807, 2.05) is 12.1 Å². The van der Waals surface area contributed by atoms with Crippen molar-refractivity contribution >= 4 is 51.4 Å². The summed E-state index contributed by atoms with van der Waals surface area (Å²) in [5, 5.41) is 12.7. The quantitative estimate of drug-likeness (QED) is 0.707. The molecule has 0 saturated heterocycles. The number of nitrogen functional groups attached to an aromatic ring is 1. The summed E-state index contributed by atoms with van der Waals surface area (Å²) in [6.07, 6.45) is 0. The molecule has 2 aromatic carbocycles. The van der Waals surface area contributed by atoms with Gasteiger partial charge in [-0.25, -0.2) is 0 Å². The van der Waals surface area contributed by atoms with Crippen LogP contribution in [0.1, 0.15) is 5.56 Å². The Balaban J connectivity index is 2.07. The summed E-state index contributed by atoms with van der Waals surface area (Å²) in [5.74, 6) is 0. The number of fused-ring (bicyclic) bond motifs is 1. The maximum absolute atomic E-state index is 9.00.